The molecule has 0 saturated carbocycles. The van der Waals surface area contributed by atoms with E-state index in [1.54, 1.807) is 0 Å². The Balaban J connectivity index is 3.94. The van der Waals surface area contributed by atoms with Crippen LogP contribution in [0.15, 0.2) is 60.8 Å². The number of aliphatic hydroxyl groups is 2. The zero-order valence-corrected chi connectivity index (χ0v) is 50.8. The number of phosphoric acid groups is 1. The summed E-state index contributed by atoms with van der Waals surface area (Å²) < 4.78 is 23.6. The number of quaternary nitrogens is 1. The minimum Gasteiger partial charge on any atom is -0.390 e. The van der Waals surface area contributed by atoms with Gasteiger partial charge >= 0.3 is 7.82 Å². The number of amides is 1. The molecule has 4 unspecified atom stereocenters. The molecule has 0 heterocycles. The number of allylic oxidation sites excluding steroid dienone is 10. The van der Waals surface area contributed by atoms with Gasteiger partial charge in [-0.05, 0) is 77.0 Å². The molecule has 0 aliphatic heterocycles. The Morgan fingerprint density at radius 1 is 0.480 bits per heavy atom. The van der Waals surface area contributed by atoms with Crippen LogP contribution in [0.1, 0.15) is 290 Å². The van der Waals surface area contributed by atoms with E-state index in [1.165, 1.54) is 199 Å². The summed E-state index contributed by atoms with van der Waals surface area (Å²) in [5, 5.41) is 24.8. The predicted molar refractivity (Wildman–Crippen MR) is 324 cm³/mol. The maximum atomic E-state index is 13.0. The molecule has 10 heteroatoms. The van der Waals surface area contributed by atoms with Crippen LogP contribution < -0.4 is 5.32 Å². The Labute approximate surface area is 464 Å². The number of nitrogens with zero attached hydrogens (tertiary/aromatic N) is 1. The van der Waals surface area contributed by atoms with Crippen LogP contribution in [0.2, 0.25) is 0 Å². The Bertz CT molecular complexity index is 1420. The van der Waals surface area contributed by atoms with Gasteiger partial charge in [-0.25, -0.2) is 4.57 Å². The van der Waals surface area contributed by atoms with Gasteiger partial charge in [0, 0.05) is 6.42 Å². The molecular formula is C65H124N2O7P+. The predicted octanol–water partition coefficient (Wildman–Crippen LogP) is 18.6. The number of hydrogen-bond acceptors (Lipinski definition) is 6. The summed E-state index contributed by atoms with van der Waals surface area (Å²) in [4.78, 5) is 23.3. The molecule has 0 aliphatic carbocycles. The van der Waals surface area contributed by atoms with E-state index < -0.39 is 32.7 Å². The van der Waals surface area contributed by atoms with E-state index in [2.05, 4.69) is 79.9 Å². The Morgan fingerprint density at radius 2 is 0.827 bits per heavy atom. The maximum Gasteiger partial charge on any atom is 0.472 e. The highest BCUT2D eigenvalue weighted by molar-refractivity contribution is 7.47. The van der Waals surface area contributed by atoms with Gasteiger partial charge in [-0.1, -0.05) is 267 Å². The molecule has 9 nitrogen and oxygen atoms in total. The lowest BCUT2D eigenvalue weighted by Gasteiger charge is -2.28. The fourth-order valence-electron chi connectivity index (χ4n) is 9.37. The second kappa shape index (κ2) is 55.5. The van der Waals surface area contributed by atoms with E-state index >= 15 is 0 Å². The summed E-state index contributed by atoms with van der Waals surface area (Å²) in [5.41, 5.74) is 0. The number of aliphatic hydroxyl groups excluding tert-OH is 2. The number of nitrogens with one attached hydrogen (secondary N) is 1. The summed E-state index contributed by atoms with van der Waals surface area (Å²) >= 11 is 0. The lowest BCUT2D eigenvalue weighted by Crippen LogP contribution is -2.51. The van der Waals surface area contributed by atoms with Crippen LogP contribution in [0.25, 0.3) is 0 Å². The first-order chi connectivity index (χ1) is 36.4. The van der Waals surface area contributed by atoms with Crippen molar-refractivity contribution in [3.63, 3.8) is 0 Å². The molecule has 0 aromatic heterocycles. The first kappa shape index (κ1) is 73.2. The van der Waals surface area contributed by atoms with Gasteiger partial charge in [-0.2, -0.15) is 0 Å². The van der Waals surface area contributed by atoms with Gasteiger partial charge in [0.15, 0.2) is 0 Å². The molecule has 0 aromatic rings. The van der Waals surface area contributed by atoms with Crippen LogP contribution in [0.5, 0.6) is 0 Å². The second-order valence-electron chi connectivity index (χ2n) is 22.9. The number of phosphoric ester groups is 1. The summed E-state index contributed by atoms with van der Waals surface area (Å²) in [7, 11) is 1.43. The van der Waals surface area contributed by atoms with E-state index in [1.807, 2.05) is 21.1 Å². The van der Waals surface area contributed by atoms with Crippen LogP contribution in [0.4, 0.5) is 0 Å². The first-order valence-corrected chi connectivity index (χ1v) is 33.2. The third-order valence-electron chi connectivity index (χ3n) is 14.3. The highest BCUT2D eigenvalue weighted by Crippen LogP contribution is 2.43. The number of rotatable bonds is 58. The standard InChI is InChI=1S/C65H123N2O7P/c1-6-8-10-12-14-16-18-20-21-22-23-24-25-26-27-28-29-30-31-32-33-34-35-36-37-38-39-40-41-42-43-44-45-46-48-50-52-54-56-58-64(69)66-62(61-74-75(71,72)73-60-59-67(3,4)5)65(70)63(68)57-55-53-51-49-47-19-17-15-13-11-9-7-2/h8,10,14,16,20-21,23-24,49,51,62-63,65,68,70H,6-7,9,11-13,15,17-19,22,25-48,50,52-61H2,1-5H3,(H-,66,69,71,72)/p+1/b10-8-,16-14-,21-20-,24-23-,51-49+. The highest BCUT2D eigenvalue weighted by atomic mass is 31.2. The topological polar surface area (TPSA) is 125 Å². The third kappa shape index (κ3) is 56.7. The number of unbranched alkanes of at least 4 members (excludes halogenated alkanes) is 34. The van der Waals surface area contributed by atoms with Crippen molar-refractivity contribution < 1.29 is 38.0 Å². The zero-order valence-electron chi connectivity index (χ0n) is 49.9. The fourth-order valence-corrected chi connectivity index (χ4v) is 10.1. The summed E-state index contributed by atoms with van der Waals surface area (Å²) in [6.45, 7) is 4.48. The first-order valence-electron chi connectivity index (χ1n) is 31.7. The lowest BCUT2D eigenvalue weighted by atomic mass is 10.0. The molecule has 0 spiro atoms. The van der Waals surface area contributed by atoms with Crippen molar-refractivity contribution in [2.75, 3.05) is 40.9 Å². The van der Waals surface area contributed by atoms with E-state index in [0.717, 1.165) is 57.8 Å². The van der Waals surface area contributed by atoms with Crippen molar-refractivity contribution in [1.82, 2.24) is 5.32 Å². The van der Waals surface area contributed by atoms with E-state index in [0.29, 0.717) is 23.9 Å². The summed E-state index contributed by atoms with van der Waals surface area (Å²) in [6, 6.07) is -1.05. The van der Waals surface area contributed by atoms with Crippen molar-refractivity contribution in [3.8, 4) is 0 Å². The molecular weight excluding hydrogens is 952 g/mol. The van der Waals surface area contributed by atoms with E-state index in [-0.39, 0.29) is 18.9 Å². The van der Waals surface area contributed by atoms with Gasteiger partial charge in [0.1, 0.15) is 19.3 Å². The average molecular weight is 1080 g/mol. The molecule has 440 valence electrons. The highest BCUT2D eigenvalue weighted by Gasteiger charge is 2.32. The molecule has 0 rings (SSSR count). The molecule has 4 atom stereocenters. The van der Waals surface area contributed by atoms with Crippen molar-refractivity contribution in [2.45, 2.75) is 308 Å². The molecule has 75 heavy (non-hydrogen) atoms. The number of carbonyl (C=O) groups is 1. The van der Waals surface area contributed by atoms with Crippen LogP contribution in [-0.2, 0) is 18.4 Å². The molecule has 4 N–H and O–H groups in total. The van der Waals surface area contributed by atoms with Gasteiger partial charge in [0.2, 0.25) is 5.91 Å². The van der Waals surface area contributed by atoms with Gasteiger partial charge in [-0.3, -0.25) is 13.8 Å². The Morgan fingerprint density at radius 3 is 1.23 bits per heavy atom. The molecule has 0 radical (unpaired) electrons. The largest absolute Gasteiger partial charge is 0.472 e. The molecule has 0 aromatic carbocycles. The smallest absolute Gasteiger partial charge is 0.390 e. The van der Waals surface area contributed by atoms with Crippen LogP contribution in [-0.4, -0.2) is 84.6 Å². The van der Waals surface area contributed by atoms with E-state index in [9.17, 15) is 24.5 Å². The van der Waals surface area contributed by atoms with Crippen LogP contribution >= 0.6 is 7.82 Å². The molecule has 0 fully saturated rings. The molecule has 0 bridgehead atoms. The Kier molecular flexibility index (Phi) is 54.1. The summed E-state index contributed by atoms with van der Waals surface area (Å²) in [5.74, 6) is -0.264. The second-order valence-corrected chi connectivity index (χ2v) is 24.3. The lowest BCUT2D eigenvalue weighted by molar-refractivity contribution is -0.870. The van der Waals surface area contributed by atoms with Crippen molar-refractivity contribution in [1.29, 1.82) is 0 Å². The van der Waals surface area contributed by atoms with Crippen molar-refractivity contribution in [2.24, 2.45) is 0 Å². The average Bonchev–Trinajstić information content (AvgIpc) is 3.37. The van der Waals surface area contributed by atoms with Crippen LogP contribution in [0, 0.1) is 0 Å². The quantitative estimate of drug-likeness (QED) is 0.0207. The number of hydrogen-bond donors (Lipinski definition) is 4. The van der Waals surface area contributed by atoms with Crippen molar-refractivity contribution >= 4 is 13.7 Å². The number of likely N-dealkylation sites (N-methyl/N-ethyl adjacent to an activating group) is 1. The fraction of sp³-hybridized carbons (Fsp3) is 0.831. The molecule has 1 amide bonds. The van der Waals surface area contributed by atoms with E-state index in [4.69, 9.17) is 9.05 Å². The molecule has 0 aliphatic rings. The maximum absolute atomic E-state index is 13.0. The zero-order chi connectivity index (χ0) is 55.0. The number of carbonyl (C=O) groups excluding carboxylic acids is 1. The van der Waals surface area contributed by atoms with Crippen molar-refractivity contribution in [3.05, 3.63) is 60.8 Å². The van der Waals surface area contributed by atoms with Gasteiger partial charge in [0.05, 0.1) is 39.9 Å². The van der Waals surface area contributed by atoms with Gasteiger partial charge in [-0.15, -0.1) is 0 Å². The SMILES string of the molecule is CC/C=C\C/C=C\C/C=C\C/C=C\CCCCCCCCCCCCCCCCCCCCCCCCCCCCC(=O)NC(COP(=O)(O)OCC[N+](C)(C)C)C(O)C(O)CCC/C=C/CCCCCCCCC. The monoisotopic (exact) mass is 1080 g/mol. The molecule has 0 saturated heterocycles. The Hall–Kier alpha value is -1.84. The summed E-state index contributed by atoms with van der Waals surface area (Å²) in [6.07, 6.45) is 72.1. The van der Waals surface area contributed by atoms with Crippen LogP contribution in [0.3, 0.4) is 0 Å². The third-order valence-corrected chi connectivity index (χ3v) is 15.3. The normalized spacial score (nSPS) is 14.6. The minimum absolute atomic E-state index is 0.0173. The minimum atomic E-state index is -4.43. The van der Waals surface area contributed by atoms with Gasteiger partial charge < -0.3 is 24.9 Å². The van der Waals surface area contributed by atoms with Gasteiger partial charge in [0.25, 0.3) is 0 Å².